The summed E-state index contributed by atoms with van der Waals surface area (Å²) in [5.41, 5.74) is 5.48. The summed E-state index contributed by atoms with van der Waals surface area (Å²) in [5, 5.41) is 26.1. The van der Waals surface area contributed by atoms with Gasteiger partial charge in [0.1, 0.15) is 18.5 Å². The van der Waals surface area contributed by atoms with Gasteiger partial charge in [-0.3, -0.25) is 0 Å². The fourth-order valence-corrected chi connectivity index (χ4v) is 5.71. The lowest BCUT2D eigenvalue weighted by molar-refractivity contribution is 0.0536. The highest BCUT2D eigenvalue weighted by atomic mass is 16.5. The maximum atomic E-state index is 9.54. The molecule has 0 radical (unpaired) electrons. The lowest BCUT2D eigenvalue weighted by atomic mass is 9.93. The van der Waals surface area contributed by atoms with E-state index in [9.17, 15) is 5.11 Å². The fourth-order valence-electron chi connectivity index (χ4n) is 5.71. The van der Waals surface area contributed by atoms with Gasteiger partial charge >= 0.3 is 0 Å². The van der Waals surface area contributed by atoms with Crippen LogP contribution in [0.4, 0.5) is 17.1 Å². The zero-order chi connectivity index (χ0) is 27.8. The Hall–Kier alpha value is -4.90. The summed E-state index contributed by atoms with van der Waals surface area (Å²) in [6.45, 7) is -0.262. The Morgan fingerprint density at radius 1 is 0.561 bits per heavy atom. The maximum absolute atomic E-state index is 9.54. The molecule has 0 fully saturated rings. The number of hydrogen-bond donors (Lipinski definition) is 2. The zero-order valence-corrected chi connectivity index (χ0v) is 22.4. The molecule has 0 aliphatic heterocycles. The van der Waals surface area contributed by atoms with Gasteiger partial charge in [0.05, 0.1) is 12.3 Å². The highest BCUT2D eigenvalue weighted by molar-refractivity contribution is 6.25. The van der Waals surface area contributed by atoms with Crippen LogP contribution < -0.4 is 9.64 Å². The number of benzene rings is 7. The van der Waals surface area contributed by atoms with Gasteiger partial charge < -0.3 is 19.8 Å². The van der Waals surface area contributed by atoms with Crippen molar-refractivity contribution in [1.29, 1.82) is 0 Å². The molecule has 0 saturated heterocycles. The van der Waals surface area contributed by atoms with Crippen LogP contribution in [0.3, 0.4) is 0 Å². The zero-order valence-electron chi connectivity index (χ0n) is 22.4. The van der Waals surface area contributed by atoms with E-state index in [1.165, 1.54) is 32.3 Å². The summed E-state index contributed by atoms with van der Waals surface area (Å²) in [4.78, 5) is 2.33. The third-order valence-corrected chi connectivity index (χ3v) is 7.73. The molecule has 1 atom stereocenters. The Morgan fingerprint density at radius 3 is 1.83 bits per heavy atom. The SMILES string of the molecule is OCC(O)COc1ccc(-c2ccc(N(c3ccccc3)c3ccc4ccc5cccc6ccc3c4c56)cc2)cc1. The lowest BCUT2D eigenvalue weighted by Gasteiger charge is -2.28. The van der Waals surface area contributed by atoms with Gasteiger partial charge in [-0.1, -0.05) is 91.0 Å². The van der Waals surface area contributed by atoms with E-state index in [0.717, 1.165) is 28.2 Å². The molecular formula is C37H29NO3. The van der Waals surface area contributed by atoms with Crippen molar-refractivity contribution in [3.63, 3.8) is 0 Å². The molecule has 0 bridgehead atoms. The molecule has 0 aliphatic carbocycles. The number of anilines is 3. The Balaban J connectivity index is 1.29. The lowest BCUT2D eigenvalue weighted by Crippen LogP contribution is -2.21. The Kier molecular flexibility index (Phi) is 6.48. The van der Waals surface area contributed by atoms with E-state index in [1.807, 2.05) is 30.3 Å². The van der Waals surface area contributed by atoms with E-state index in [0.29, 0.717) is 5.75 Å². The van der Waals surface area contributed by atoms with Crippen molar-refractivity contribution in [1.82, 2.24) is 0 Å². The predicted octanol–water partition coefficient (Wildman–Crippen LogP) is 8.45. The number of nitrogens with zero attached hydrogens (tertiary/aromatic N) is 1. The number of aliphatic hydroxyl groups excluding tert-OH is 2. The molecule has 7 aromatic rings. The molecule has 41 heavy (non-hydrogen) atoms. The summed E-state index contributed by atoms with van der Waals surface area (Å²) >= 11 is 0. The van der Waals surface area contributed by atoms with Gasteiger partial charge in [-0.2, -0.15) is 0 Å². The first-order valence-electron chi connectivity index (χ1n) is 13.8. The van der Waals surface area contributed by atoms with Gasteiger partial charge in [-0.25, -0.2) is 0 Å². The van der Waals surface area contributed by atoms with E-state index in [2.05, 4.69) is 108 Å². The van der Waals surface area contributed by atoms with Gasteiger partial charge in [0, 0.05) is 16.8 Å². The number of aliphatic hydroxyl groups is 2. The van der Waals surface area contributed by atoms with Crippen LogP contribution in [0.1, 0.15) is 0 Å². The van der Waals surface area contributed by atoms with E-state index in [1.54, 1.807) is 0 Å². The molecule has 200 valence electrons. The first-order chi connectivity index (χ1) is 20.2. The largest absolute Gasteiger partial charge is 0.491 e. The highest BCUT2D eigenvalue weighted by Gasteiger charge is 2.18. The molecule has 4 nitrogen and oxygen atoms in total. The standard InChI is InChI=1S/C37H29NO3/c39-23-32(40)24-41-33-19-13-26(14-20-33)25-11-17-31(18-12-25)38(30-7-2-1-3-8-30)35-22-16-29-10-9-27-5-4-6-28-15-21-34(35)37(29)36(27)28/h1-22,32,39-40H,23-24H2. The van der Waals surface area contributed by atoms with Crippen molar-refractivity contribution in [3.8, 4) is 16.9 Å². The number of rotatable bonds is 8. The molecular weight excluding hydrogens is 506 g/mol. The molecule has 0 amide bonds. The second-order valence-electron chi connectivity index (χ2n) is 10.3. The van der Waals surface area contributed by atoms with Crippen molar-refractivity contribution in [2.45, 2.75) is 6.10 Å². The monoisotopic (exact) mass is 535 g/mol. The second-order valence-corrected chi connectivity index (χ2v) is 10.3. The van der Waals surface area contributed by atoms with Gasteiger partial charge in [-0.05, 0) is 80.5 Å². The quantitative estimate of drug-likeness (QED) is 0.192. The van der Waals surface area contributed by atoms with Crippen LogP contribution in [0.15, 0.2) is 133 Å². The molecule has 7 rings (SSSR count). The van der Waals surface area contributed by atoms with E-state index in [4.69, 9.17) is 9.84 Å². The summed E-state index contributed by atoms with van der Waals surface area (Å²) in [7, 11) is 0. The van der Waals surface area contributed by atoms with Crippen molar-refractivity contribution in [2.75, 3.05) is 18.1 Å². The molecule has 0 heterocycles. The predicted molar refractivity (Wildman–Crippen MR) is 169 cm³/mol. The third kappa shape index (κ3) is 4.63. The van der Waals surface area contributed by atoms with E-state index < -0.39 is 6.10 Å². The van der Waals surface area contributed by atoms with Crippen LogP contribution in [0.2, 0.25) is 0 Å². The van der Waals surface area contributed by atoms with Gasteiger partial charge in [0.25, 0.3) is 0 Å². The topological polar surface area (TPSA) is 52.9 Å². The van der Waals surface area contributed by atoms with Gasteiger partial charge in [0.2, 0.25) is 0 Å². The molecule has 0 aliphatic rings. The molecule has 0 spiro atoms. The average Bonchev–Trinajstić information content (AvgIpc) is 3.04. The van der Waals surface area contributed by atoms with E-state index >= 15 is 0 Å². The van der Waals surface area contributed by atoms with Crippen molar-refractivity contribution in [3.05, 3.63) is 133 Å². The Labute approximate surface area is 238 Å². The molecule has 0 saturated carbocycles. The van der Waals surface area contributed by atoms with Crippen molar-refractivity contribution >= 4 is 49.4 Å². The minimum absolute atomic E-state index is 0.0585. The first kappa shape index (κ1) is 25.1. The first-order valence-corrected chi connectivity index (χ1v) is 13.8. The normalized spacial score (nSPS) is 12.2. The maximum Gasteiger partial charge on any atom is 0.119 e. The molecule has 2 N–H and O–H groups in total. The van der Waals surface area contributed by atoms with Gasteiger partial charge in [-0.15, -0.1) is 0 Å². The second kappa shape index (κ2) is 10.6. The molecule has 7 aromatic carbocycles. The Bertz CT molecular complexity index is 1920. The minimum Gasteiger partial charge on any atom is -0.491 e. The van der Waals surface area contributed by atoms with Crippen LogP contribution >= 0.6 is 0 Å². The fraction of sp³-hybridized carbons (Fsp3) is 0.0811. The average molecular weight is 536 g/mol. The smallest absolute Gasteiger partial charge is 0.119 e. The van der Waals surface area contributed by atoms with Crippen LogP contribution in [-0.2, 0) is 0 Å². The summed E-state index contributed by atoms with van der Waals surface area (Å²) < 4.78 is 5.56. The van der Waals surface area contributed by atoms with Crippen molar-refractivity contribution in [2.24, 2.45) is 0 Å². The van der Waals surface area contributed by atoms with Crippen LogP contribution in [0.5, 0.6) is 5.75 Å². The van der Waals surface area contributed by atoms with Crippen molar-refractivity contribution < 1.29 is 14.9 Å². The molecule has 0 aromatic heterocycles. The summed E-state index contributed by atoms with van der Waals surface area (Å²) in [6.07, 6.45) is -0.886. The number of hydrogen-bond acceptors (Lipinski definition) is 4. The summed E-state index contributed by atoms with van der Waals surface area (Å²) in [5.74, 6) is 0.655. The van der Waals surface area contributed by atoms with E-state index in [-0.39, 0.29) is 13.2 Å². The van der Waals surface area contributed by atoms with Crippen LogP contribution in [0.25, 0.3) is 43.4 Å². The summed E-state index contributed by atoms with van der Waals surface area (Å²) in [6, 6.07) is 46.8. The molecule has 4 heteroatoms. The molecule has 1 unspecified atom stereocenters. The minimum atomic E-state index is -0.886. The number of ether oxygens (including phenoxy) is 1. The third-order valence-electron chi connectivity index (χ3n) is 7.73. The Morgan fingerprint density at radius 2 is 1.15 bits per heavy atom. The number of para-hydroxylation sites is 1. The van der Waals surface area contributed by atoms with Crippen LogP contribution in [0, 0.1) is 0 Å². The van der Waals surface area contributed by atoms with Crippen LogP contribution in [-0.4, -0.2) is 29.5 Å². The highest BCUT2D eigenvalue weighted by Crippen LogP contribution is 2.44. The van der Waals surface area contributed by atoms with Gasteiger partial charge in [0.15, 0.2) is 0 Å².